The first kappa shape index (κ1) is 13.8. The maximum absolute atomic E-state index is 10.8. The Hall–Kier alpha value is -0.120. The molecule has 0 atom stereocenters. The average molecular weight is 266 g/mol. The van der Waals surface area contributed by atoms with Gasteiger partial charge in [0.25, 0.3) is 0 Å². The summed E-state index contributed by atoms with van der Waals surface area (Å²) in [6, 6.07) is 0.792. The van der Waals surface area contributed by atoms with Crippen LogP contribution in [0.25, 0.3) is 0 Å². The van der Waals surface area contributed by atoms with E-state index in [0.717, 1.165) is 31.3 Å². The van der Waals surface area contributed by atoms with Crippen LogP contribution in [0.1, 0.15) is 57.8 Å². The predicted octanol–water partition coefficient (Wildman–Crippen LogP) is 2.15. The van der Waals surface area contributed by atoms with Crippen molar-refractivity contribution in [3.05, 3.63) is 0 Å². The van der Waals surface area contributed by atoms with E-state index < -0.39 is 0 Å². The van der Waals surface area contributed by atoms with E-state index in [2.05, 4.69) is 10.2 Å². The van der Waals surface area contributed by atoms with Crippen molar-refractivity contribution in [2.24, 2.45) is 5.92 Å². The summed E-state index contributed by atoms with van der Waals surface area (Å²) in [6.07, 6.45) is 11.2. The number of aliphatic hydroxyl groups is 1. The van der Waals surface area contributed by atoms with Crippen molar-refractivity contribution in [2.75, 3.05) is 26.2 Å². The van der Waals surface area contributed by atoms with Crippen LogP contribution in [-0.4, -0.2) is 47.8 Å². The maximum Gasteiger partial charge on any atom is 0.0774 e. The summed E-state index contributed by atoms with van der Waals surface area (Å²) in [6.45, 7) is 4.55. The van der Waals surface area contributed by atoms with Crippen LogP contribution in [0.3, 0.4) is 0 Å². The Morgan fingerprint density at radius 1 is 1.00 bits per heavy atom. The zero-order chi connectivity index (χ0) is 13.1. The van der Waals surface area contributed by atoms with Crippen molar-refractivity contribution in [1.29, 1.82) is 0 Å². The minimum atomic E-state index is -0.367. The molecule has 3 aliphatic rings. The van der Waals surface area contributed by atoms with Crippen LogP contribution in [0.15, 0.2) is 0 Å². The standard InChI is InChI=1S/C16H30N2O/c19-16(8-2-1-3-9-16)13-18(15-4-5-15)12-14-6-10-17-11-7-14/h14-15,17,19H,1-13H2. The van der Waals surface area contributed by atoms with Crippen LogP contribution in [0.2, 0.25) is 0 Å². The van der Waals surface area contributed by atoms with Crippen molar-refractivity contribution in [3.63, 3.8) is 0 Å². The molecule has 0 aromatic heterocycles. The molecule has 1 saturated heterocycles. The summed E-state index contributed by atoms with van der Waals surface area (Å²) in [5.74, 6) is 0.856. The fourth-order valence-electron chi connectivity index (χ4n) is 3.92. The molecule has 1 aliphatic heterocycles. The molecule has 3 nitrogen and oxygen atoms in total. The lowest BCUT2D eigenvalue weighted by Gasteiger charge is -2.39. The smallest absolute Gasteiger partial charge is 0.0774 e. The fourth-order valence-corrected chi connectivity index (χ4v) is 3.92. The van der Waals surface area contributed by atoms with E-state index in [4.69, 9.17) is 0 Å². The van der Waals surface area contributed by atoms with E-state index in [9.17, 15) is 5.11 Å². The van der Waals surface area contributed by atoms with Gasteiger partial charge < -0.3 is 10.4 Å². The Morgan fingerprint density at radius 3 is 2.32 bits per heavy atom. The van der Waals surface area contributed by atoms with E-state index in [0.29, 0.717) is 0 Å². The molecule has 1 heterocycles. The van der Waals surface area contributed by atoms with Crippen LogP contribution in [0.5, 0.6) is 0 Å². The molecule has 0 unspecified atom stereocenters. The van der Waals surface area contributed by atoms with Gasteiger partial charge in [-0.25, -0.2) is 0 Å². The maximum atomic E-state index is 10.8. The van der Waals surface area contributed by atoms with Crippen LogP contribution >= 0.6 is 0 Å². The number of rotatable bonds is 5. The second-order valence-corrected chi connectivity index (χ2v) is 7.14. The summed E-state index contributed by atoms with van der Waals surface area (Å²) >= 11 is 0. The highest BCUT2D eigenvalue weighted by atomic mass is 16.3. The normalized spacial score (nSPS) is 28.7. The van der Waals surface area contributed by atoms with E-state index in [-0.39, 0.29) is 5.60 Å². The number of piperidine rings is 1. The van der Waals surface area contributed by atoms with Gasteiger partial charge in [0.15, 0.2) is 0 Å². The van der Waals surface area contributed by atoms with Gasteiger partial charge in [-0.1, -0.05) is 19.3 Å². The monoisotopic (exact) mass is 266 g/mol. The molecule has 2 aliphatic carbocycles. The van der Waals surface area contributed by atoms with Gasteiger partial charge in [0.2, 0.25) is 0 Å². The van der Waals surface area contributed by atoms with Crippen LogP contribution in [0, 0.1) is 5.92 Å². The molecule has 19 heavy (non-hydrogen) atoms. The summed E-state index contributed by atoms with van der Waals surface area (Å²) < 4.78 is 0. The van der Waals surface area contributed by atoms with Gasteiger partial charge in [-0.15, -0.1) is 0 Å². The molecule has 3 fully saturated rings. The third-order valence-electron chi connectivity index (χ3n) is 5.30. The topological polar surface area (TPSA) is 35.5 Å². The molecule has 0 bridgehead atoms. The molecule has 3 rings (SSSR count). The lowest BCUT2D eigenvalue weighted by atomic mass is 9.84. The molecular formula is C16H30N2O. The van der Waals surface area contributed by atoms with Crippen LogP contribution in [-0.2, 0) is 0 Å². The van der Waals surface area contributed by atoms with Crippen LogP contribution in [0.4, 0.5) is 0 Å². The Kier molecular flexibility index (Phi) is 4.45. The third-order valence-corrected chi connectivity index (χ3v) is 5.30. The van der Waals surface area contributed by atoms with E-state index in [1.165, 1.54) is 64.6 Å². The minimum absolute atomic E-state index is 0.367. The van der Waals surface area contributed by atoms with Crippen molar-refractivity contribution in [2.45, 2.75) is 69.4 Å². The largest absolute Gasteiger partial charge is 0.389 e. The summed E-state index contributed by atoms with van der Waals surface area (Å²) in [4.78, 5) is 2.64. The molecule has 110 valence electrons. The zero-order valence-electron chi connectivity index (χ0n) is 12.2. The average Bonchev–Trinajstić information content (AvgIpc) is 3.24. The fraction of sp³-hybridized carbons (Fsp3) is 1.00. The van der Waals surface area contributed by atoms with Gasteiger partial charge in [0.05, 0.1) is 5.60 Å². The van der Waals surface area contributed by atoms with E-state index in [1.54, 1.807) is 0 Å². The molecule has 0 radical (unpaired) electrons. The lowest BCUT2D eigenvalue weighted by molar-refractivity contribution is -0.0320. The van der Waals surface area contributed by atoms with Crippen molar-refractivity contribution < 1.29 is 5.11 Å². The lowest BCUT2D eigenvalue weighted by Crippen LogP contribution is -2.47. The molecule has 0 spiro atoms. The Balaban J connectivity index is 1.54. The highest BCUT2D eigenvalue weighted by Gasteiger charge is 2.37. The highest BCUT2D eigenvalue weighted by molar-refractivity contribution is 4.93. The van der Waals surface area contributed by atoms with Crippen molar-refractivity contribution in [3.8, 4) is 0 Å². The molecular weight excluding hydrogens is 236 g/mol. The summed E-state index contributed by atoms with van der Waals surface area (Å²) in [7, 11) is 0. The Labute approximate surface area is 117 Å². The quantitative estimate of drug-likeness (QED) is 0.800. The van der Waals surface area contributed by atoms with Gasteiger partial charge in [0, 0.05) is 19.1 Å². The second-order valence-electron chi connectivity index (χ2n) is 7.14. The molecule has 0 amide bonds. The first-order valence-corrected chi connectivity index (χ1v) is 8.42. The van der Waals surface area contributed by atoms with Crippen LogP contribution < -0.4 is 5.32 Å². The van der Waals surface area contributed by atoms with E-state index >= 15 is 0 Å². The van der Waals surface area contributed by atoms with Gasteiger partial charge in [-0.05, 0) is 57.5 Å². The third kappa shape index (κ3) is 3.93. The van der Waals surface area contributed by atoms with Gasteiger partial charge in [-0.3, -0.25) is 4.90 Å². The van der Waals surface area contributed by atoms with Gasteiger partial charge in [-0.2, -0.15) is 0 Å². The van der Waals surface area contributed by atoms with Crippen molar-refractivity contribution in [1.82, 2.24) is 10.2 Å². The molecule has 2 N–H and O–H groups in total. The SMILES string of the molecule is OC1(CN(CC2CCNCC2)C2CC2)CCCCC1. The summed E-state index contributed by atoms with van der Waals surface area (Å²) in [5.41, 5.74) is -0.367. The molecule has 0 aromatic rings. The minimum Gasteiger partial charge on any atom is -0.389 e. The number of hydrogen-bond donors (Lipinski definition) is 2. The first-order valence-electron chi connectivity index (χ1n) is 8.42. The number of nitrogens with one attached hydrogen (secondary N) is 1. The Morgan fingerprint density at radius 2 is 1.68 bits per heavy atom. The second kappa shape index (κ2) is 6.11. The number of hydrogen-bond acceptors (Lipinski definition) is 3. The van der Waals surface area contributed by atoms with E-state index in [1.807, 2.05) is 0 Å². The van der Waals surface area contributed by atoms with Gasteiger partial charge in [0.1, 0.15) is 0 Å². The molecule has 3 heteroatoms. The van der Waals surface area contributed by atoms with Gasteiger partial charge >= 0.3 is 0 Å². The van der Waals surface area contributed by atoms with Crippen molar-refractivity contribution >= 4 is 0 Å². The summed E-state index contributed by atoms with van der Waals surface area (Å²) in [5, 5.41) is 14.2. The zero-order valence-corrected chi connectivity index (χ0v) is 12.2. The molecule has 2 saturated carbocycles. The highest BCUT2D eigenvalue weighted by Crippen LogP contribution is 2.34. The molecule has 0 aromatic carbocycles. The first-order chi connectivity index (χ1) is 9.25. The Bertz CT molecular complexity index is 278. The predicted molar refractivity (Wildman–Crippen MR) is 78.2 cm³/mol. The number of nitrogens with zero attached hydrogens (tertiary/aromatic N) is 1.